The summed E-state index contributed by atoms with van der Waals surface area (Å²) in [6, 6.07) is 6.99. The van der Waals surface area contributed by atoms with Gasteiger partial charge in [-0.3, -0.25) is 9.59 Å². The van der Waals surface area contributed by atoms with Gasteiger partial charge in [-0.25, -0.2) is 4.68 Å². The first kappa shape index (κ1) is 18.5. The van der Waals surface area contributed by atoms with Crippen LogP contribution in [0.15, 0.2) is 35.0 Å². The molecule has 0 radical (unpaired) electrons. The van der Waals surface area contributed by atoms with Crippen molar-refractivity contribution in [1.82, 2.24) is 30.0 Å². The van der Waals surface area contributed by atoms with E-state index in [1.165, 1.54) is 6.92 Å². The minimum Gasteiger partial charge on any atom is -0.336 e. The smallest absolute Gasteiger partial charge is 0.280 e. The van der Waals surface area contributed by atoms with Crippen molar-refractivity contribution in [3.05, 3.63) is 41.9 Å². The topological polar surface area (TPSA) is 119 Å². The number of carbonyl (C=O) groups excluding carboxylic acids is 2. The van der Waals surface area contributed by atoms with Gasteiger partial charge >= 0.3 is 0 Å². The van der Waals surface area contributed by atoms with Crippen LogP contribution in [-0.2, 0) is 4.79 Å². The Bertz CT molecular complexity index is 1100. The second-order valence-electron chi connectivity index (χ2n) is 7.77. The van der Waals surface area contributed by atoms with Crippen LogP contribution in [0.1, 0.15) is 54.3 Å². The van der Waals surface area contributed by atoms with Gasteiger partial charge in [0, 0.05) is 37.2 Å². The van der Waals surface area contributed by atoms with E-state index >= 15 is 0 Å². The Morgan fingerprint density at radius 2 is 2.10 bits per heavy atom. The molecule has 2 aromatic heterocycles. The van der Waals surface area contributed by atoms with E-state index in [1.807, 2.05) is 0 Å². The molecular weight excluding hydrogens is 386 g/mol. The minimum absolute atomic E-state index is 0.0274. The summed E-state index contributed by atoms with van der Waals surface area (Å²) in [6.45, 7) is 2.59. The number of nitrogens with zero attached hydrogens (tertiary/aromatic N) is 6. The predicted molar refractivity (Wildman–Crippen MR) is 106 cm³/mol. The highest BCUT2D eigenvalue weighted by Crippen LogP contribution is 2.38. The van der Waals surface area contributed by atoms with Crippen molar-refractivity contribution in [1.29, 1.82) is 0 Å². The fourth-order valence-electron chi connectivity index (χ4n) is 3.66. The Morgan fingerprint density at radius 1 is 1.23 bits per heavy atom. The zero-order chi connectivity index (χ0) is 20.7. The average Bonchev–Trinajstić information content (AvgIpc) is 3.16. The van der Waals surface area contributed by atoms with Gasteiger partial charge in [-0.05, 0) is 37.5 Å². The summed E-state index contributed by atoms with van der Waals surface area (Å²) in [5, 5.41) is 15.1. The number of hydrogen-bond donors (Lipinski definition) is 1. The third-order valence-electron chi connectivity index (χ3n) is 5.37. The molecule has 1 aromatic carbocycles. The number of anilines is 1. The molecule has 0 bridgehead atoms. The zero-order valence-electron chi connectivity index (χ0n) is 16.5. The number of hydrogen-bond acceptors (Lipinski definition) is 7. The molecule has 1 unspecified atom stereocenters. The molecule has 3 aromatic rings. The fraction of sp³-hybridized carbons (Fsp3) is 0.400. The summed E-state index contributed by atoms with van der Waals surface area (Å²) in [6.07, 6.45) is 4.77. The molecular formula is C20H21N7O3. The molecule has 1 aliphatic heterocycles. The maximum absolute atomic E-state index is 12.9. The molecule has 1 saturated heterocycles. The Hall–Kier alpha value is -3.56. The van der Waals surface area contributed by atoms with E-state index in [4.69, 9.17) is 4.52 Å². The Kier molecular flexibility index (Phi) is 4.53. The van der Waals surface area contributed by atoms with Gasteiger partial charge in [-0.15, -0.1) is 5.10 Å². The van der Waals surface area contributed by atoms with Crippen LogP contribution in [0.4, 0.5) is 5.69 Å². The standard InChI is InChI=1S/C20H21N7O3/c1-12(28)21-15-4-2-3-14(9-15)20(29)26-8-7-16(10-26)27-11-17(23-25-27)19-22-18(24-30-19)13-5-6-13/h2-4,9,11,13,16H,5-8,10H2,1H3,(H,21,28). The largest absolute Gasteiger partial charge is 0.336 e. The van der Waals surface area contributed by atoms with Crippen molar-refractivity contribution in [2.75, 3.05) is 18.4 Å². The van der Waals surface area contributed by atoms with E-state index in [2.05, 4.69) is 25.8 Å². The second kappa shape index (κ2) is 7.36. The summed E-state index contributed by atoms with van der Waals surface area (Å²) in [4.78, 5) is 30.3. The van der Waals surface area contributed by atoms with Crippen molar-refractivity contribution in [2.45, 2.75) is 38.1 Å². The number of aromatic nitrogens is 5. The summed E-state index contributed by atoms with van der Waals surface area (Å²) < 4.78 is 7.07. The van der Waals surface area contributed by atoms with Crippen molar-refractivity contribution in [3.63, 3.8) is 0 Å². The molecule has 3 heterocycles. The maximum atomic E-state index is 12.9. The molecule has 5 rings (SSSR count). The monoisotopic (exact) mass is 407 g/mol. The normalized spacial score (nSPS) is 18.6. The van der Waals surface area contributed by atoms with E-state index in [0.29, 0.717) is 41.8 Å². The minimum atomic E-state index is -0.173. The van der Waals surface area contributed by atoms with Gasteiger partial charge in [0.05, 0.1) is 12.2 Å². The zero-order valence-corrected chi connectivity index (χ0v) is 16.5. The van der Waals surface area contributed by atoms with E-state index in [9.17, 15) is 9.59 Å². The molecule has 2 aliphatic rings. The molecule has 0 spiro atoms. The highest BCUT2D eigenvalue weighted by atomic mass is 16.5. The lowest BCUT2D eigenvalue weighted by Gasteiger charge is -2.17. The molecule has 10 heteroatoms. The third-order valence-corrected chi connectivity index (χ3v) is 5.37. The fourth-order valence-corrected chi connectivity index (χ4v) is 3.66. The van der Waals surface area contributed by atoms with Gasteiger partial charge in [-0.2, -0.15) is 4.98 Å². The molecule has 2 fully saturated rings. The molecule has 1 atom stereocenters. The first-order chi connectivity index (χ1) is 14.6. The van der Waals surface area contributed by atoms with Gasteiger partial charge < -0.3 is 14.7 Å². The van der Waals surface area contributed by atoms with E-state index < -0.39 is 0 Å². The Labute approximate surface area is 172 Å². The van der Waals surface area contributed by atoms with Crippen molar-refractivity contribution in [2.24, 2.45) is 0 Å². The van der Waals surface area contributed by atoms with Crippen LogP contribution in [0.5, 0.6) is 0 Å². The molecule has 30 heavy (non-hydrogen) atoms. The average molecular weight is 407 g/mol. The predicted octanol–water partition coefficient (Wildman–Crippen LogP) is 2.25. The number of benzene rings is 1. The van der Waals surface area contributed by atoms with Gasteiger partial charge in [0.15, 0.2) is 11.5 Å². The van der Waals surface area contributed by atoms with Gasteiger partial charge in [0.1, 0.15) is 0 Å². The lowest BCUT2D eigenvalue weighted by atomic mass is 10.1. The molecule has 1 N–H and O–H groups in total. The van der Waals surface area contributed by atoms with Crippen LogP contribution in [0.2, 0.25) is 0 Å². The summed E-state index contributed by atoms with van der Waals surface area (Å²) in [5.41, 5.74) is 1.69. The number of rotatable bonds is 5. The van der Waals surface area contributed by atoms with Crippen LogP contribution < -0.4 is 5.32 Å². The Balaban J connectivity index is 1.26. The highest BCUT2D eigenvalue weighted by Gasteiger charge is 2.31. The van der Waals surface area contributed by atoms with Crippen molar-refractivity contribution >= 4 is 17.5 Å². The van der Waals surface area contributed by atoms with E-state index in [0.717, 1.165) is 25.1 Å². The van der Waals surface area contributed by atoms with E-state index in [1.54, 1.807) is 40.0 Å². The van der Waals surface area contributed by atoms with E-state index in [-0.39, 0.29) is 17.9 Å². The summed E-state index contributed by atoms with van der Waals surface area (Å²) in [7, 11) is 0. The number of likely N-dealkylation sites (tertiary alicyclic amines) is 1. The maximum Gasteiger partial charge on any atom is 0.280 e. The number of amides is 2. The molecule has 10 nitrogen and oxygen atoms in total. The molecule has 2 amide bonds. The number of carbonyl (C=O) groups is 2. The van der Waals surface area contributed by atoms with Crippen LogP contribution in [0.3, 0.4) is 0 Å². The second-order valence-corrected chi connectivity index (χ2v) is 7.77. The van der Waals surface area contributed by atoms with Crippen molar-refractivity contribution < 1.29 is 14.1 Å². The van der Waals surface area contributed by atoms with Crippen LogP contribution in [-0.4, -0.2) is 54.9 Å². The third kappa shape index (κ3) is 3.68. The lowest BCUT2D eigenvalue weighted by molar-refractivity contribution is -0.114. The van der Waals surface area contributed by atoms with Crippen LogP contribution >= 0.6 is 0 Å². The quantitative estimate of drug-likeness (QED) is 0.689. The first-order valence-corrected chi connectivity index (χ1v) is 9.99. The SMILES string of the molecule is CC(=O)Nc1cccc(C(=O)N2CCC(n3cc(-c4nc(C5CC5)no4)nn3)C2)c1. The molecule has 154 valence electrons. The highest BCUT2D eigenvalue weighted by molar-refractivity contribution is 5.97. The van der Waals surface area contributed by atoms with Crippen molar-refractivity contribution in [3.8, 4) is 11.6 Å². The molecule has 1 aliphatic carbocycles. The summed E-state index contributed by atoms with van der Waals surface area (Å²) >= 11 is 0. The summed E-state index contributed by atoms with van der Waals surface area (Å²) in [5.74, 6) is 1.28. The first-order valence-electron chi connectivity index (χ1n) is 9.99. The van der Waals surface area contributed by atoms with Crippen LogP contribution in [0, 0.1) is 0 Å². The van der Waals surface area contributed by atoms with Gasteiger partial charge in [0.25, 0.3) is 11.8 Å². The van der Waals surface area contributed by atoms with Crippen LogP contribution in [0.25, 0.3) is 11.6 Å². The van der Waals surface area contributed by atoms with Gasteiger partial charge in [0.2, 0.25) is 5.91 Å². The lowest BCUT2D eigenvalue weighted by Crippen LogP contribution is -2.29. The Morgan fingerprint density at radius 3 is 2.90 bits per heavy atom. The number of nitrogens with one attached hydrogen (secondary N) is 1. The molecule has 1 saturated carbocycles. The van der Waals surface area contributed by atoms with Gasteiger partial charge in [-0.1, -0.05) is 16.4 Å².